The number of non-ortho nitro benzene ring substituents is 1. The number of carbonyl (C=O) groups excluding carboxylic acids is 1. The second-order valence-electron chi connectivity index (χ2n) is 5.78. The van der Waals surface area contributed by atoms with E-state index in [1.165, 1.54) is 23.0 Å². The van der Waals surface area contributed by atoms with Crippen molar-refractivity contribution in [3.63, 3.8) is 0 Å². The second-order valence-corrected chi connectivity index (χ2v) is 5.78. The highest BCUT2D eigenvalue weighted by Crippen LogP contribution is 2.15. The van der Waals surface area contributed by atoms with Gasteiger partial charge in [0.25, 0.3) is 11.6 Å². The van der Waals surface area contributed by atoms with Crippen LogP contribution < -0.4 is 0 Å². The lowest BCUT2D eigenvalue weighted by Crippen LogP contribution is -2.28. The van der Waals surface area contributed by atoms with Crippen molar-refractivity contribution in [3.8, 4) is 5.69 Å². The van der Waals surface area contributed by atoms with Gasteiger partial charge >= 0.3 is 0 Å². The minimum absolute atomic E-state index is 0.00745. The van der Waals surface area contributed by atoms with Gasteiger partial charge in [0.15, 0.2) is 0 Å². The highest BCUT2D eigenvalue weighted by Gasteiger charge is 2.14. The zero-order valence-corrected chi connectivity index (χ0v) is 14.1. The molecule has 0 aliphatic rings. The summed E-state index contributed by atoms with van der Waals surface area (Å²) >= 11 is 0. The minimum Gasteiger partial charge on any atom is -0.341 e. The highest BCUT2D eigenvalue weighted by atomic mass is 16.6. The van der Waals surface area contributed by atoms with E-state index in [2.05, 4.69) is 10.1 Å². The third-order valence-electron chi connectivity index (χ3n) is 3.99. The van der Waals surface area contributed by atoms with E-state index < -0.39 is 4.92 Å². The molecule has 1 amide bonds. The van der Waals surface area contributed by atoms with Gasteiger partial charge in [0.1, 0.15) is 0 Å². The smallest absolute Gasteiger partial charge is 0.269 e. The quantitative estimate of drug-likeness (QED) is 0.502. The molecule has 2 heterocycles. The molecule has 2 aromatic heterocycles. The second kappa shape index (κ2) is 7.56. The van der Waals surface area contributed by atoms with Gasteiger partial charge in [-0.15, -0.1) is 0 Å². The maximum atomic E-state index is 12.5. The molecule has 0 aliphatic carbocycles. The van der Waals surface area contributed by atoms with Crippen LogP contribution in [0.2, 0.25) is 0 Å². The number of nitro groups is 1. The van der Waals surface area contributed by atoms with Crippen molar-refractivity contribution in [1.29, 1.82) is 0 Å². The first-order valence-electron chi connectivity index (χ1n) is 7.98. The Hall–Kier alpha value is -3.55. The summed E-state index contributed by atoms with van der Waals surface area (Å²) in [5.41, 5.74) is 2.23. The summed E-state index contributed by atoms with van der Waals surface area (Å²) in [7, 11) is 1.74. The zero-order valence-electron chi connectivity index (χ0n) is 14.1. The zero-order chi connectivity index (χ0) is 18.5. The van der Waals surface area contributed by atoms with Crippen LogP contribution in [0.5, 0.6) is 0 Å². The fourth-order valence-electron chi connectivity index (χ4n) is 2.47. The Bertz CT molecular complexity index is 906. The van der Waals surface area contributed by atoms with Crippen molar-refractivity contribution in [3.05, 3.63) is 82.4 Å². The number of carbonyl (C=O) groups is 1. The Morgan fingerprint density at radius 1 is 1.19 bits per heavy atom. The van der Waals surface area contributed by atoms with Gasteiger partial charge in [-0.3, -0.25) is 19.9 Å². The van der Waals surface area contributed by atoms with E-state index >= 15 is 0 Å². The molecule has 3 rings (SSSR count). The van der Waals surface area contributed by atoms with E-state index in [9.17, 15) is 14.9 Å². The van der Waals surface area contributed by atoms with Gasteiger partial charge in [-0.2, -0.15) is 5.10 Å². The van der Waals surface area contributed by atoms with Crippen molar-refractivity contribution in [2.24, 2.45) is 0 Å². The van der Waals surface area contributed by atoms with Crippen molar-refractivity contribution < 1.29 is 9.72 Å². The lowest BCUT2D eigenvalue weighted by molar-refractivity contribution is -0.384. The number of aromatic nitrogens is 3. The molecule has 132 valence electrons. The lowest BCUT2D eigenvalue weighted by atomic mass is 10.2. The van der Waals surface area contributed by atoms with Crippen molar-refractivity contribution >= 4 is 11.6 Å². The van der Waals surface area contributed by atoms with Crippen LogP contribution in [-0.2, 0) is 6.42 Å². The summed E-state index contributed by atoms with van der Waals surface area (Å²) in [5, 5.41) is 14.9. The van der Waals surface area contributed by atoms with Gasteiger partial charge in [0.05, 0.1) is 22.4 Å². The molecule has 0 aliphatic heterocycles. The predicted octanol–water partition coefficient (Wildman–Crippen LogP) is 2.49. The summed E-state index contributed by atoms with van der Waals surface area (Å²) in [5.74, 6) is -0.132. The number of amides is 1. The van der Waals surface area contributed by atoms with Crippen LogP contribution in [0.25, 0.3) is 5.69 Å². The van der Waals surface area contributed by atoms with Crippen LogP contribution in [0, 0.1) is 10.1 Å². The Balaban J connectivity index is 1.66. The Morgan fingerprint density at radius 3 is 2.54 bits per heavy atom. The molecule has 3 aromatic rings. The number of rotatable bonds is 6. The average molecular weight is 351 g/mol. The summed E-state index contributed by atoms with van der Waals surface area (Å²) in [6.07, 6.45) is 7.30. The first-order chi connectivity index (χ1) is 12.5. The van der Waals surface area contributed by atoms with E-state index in [4.69, 9.17) is 0 Å². The fraction of sp³-hybridized carbons (Fsp3) is 0.167. The third-order valence-corrected chi connectivity index (χ3v) is 3.99. The van der Waals surface area contributed by atoms with Crippen molar-refractivity contribution in [1.82, 2.24) is 19.7 Å². The van der Waals surface area contributed by atoms with Gasteiger partial charge in [0.2, 0.25) is 0 Å². The molecule has 0 atom stereocenters. The molecular formula is C18H17N5O3. The summed E-state index contributed by atoms with van der Waals surface area (Å²) in [4.78, 5) is 28.4. The van der Waals surface area contributed by atoms with Crippen molar-refractivity contribution in [2.45, 2.75) is 6.42 Å². The molecule has 0 bridgehead atoms. The lowest BCUT2D eigenvalue weighted by Gasteiger charge is -2.16. The van der Waals surface area contributed by atoms with Gasteiger partial charge < -0.3 is 4.90 Å². The van der Waals surface area contributed by atoms with E-state index in [1.54, 1.807) is 42.7 Å². The SMILES string of the molecule is CN(CCc1ccncc1)C(=O)c1cnn(-c2ccc([N+](=O)[O-])cc2)c1. The van der Waals surface area contributed by atoms with Crippen molar-refractivity contribution in [2.75, 3.05) is 13.6 Å². The molecule has 8 heteroatoms. The molecule has 0 saturated carbocycles. The van der Waals surface area contributed by atoms with Crippen LogP contribution >= 0.6 is 0 Å². The van der Waals surface area contributed by atoms with Gasteiger partial charge in [-0.05, 0) is 36.2 Å². The molecule has 0 fully saturated rings. The van der Waals surface area contributed by atoms with Crippen LogP contribution in [-0.4, -0.2) is 44.1 Å². The molecule has 0 unspecified atom stereocenters. The standard InChI is InChI=1S/C18H17N5O3/c1-21(11-8-14-6-9-19-10-7-14)18(24)15-12-20-22(13-15)16-2-4-17(5-3-16)23(25)26/h2-7,9-10,12-13H,8,11H2,1H3. The minimum atomic E-state index is -0.459. The molecule has 0 saturated heterocycles. The number of nitro benzene ring substituents is 1. The van der Waals surface area contributed by atoms with Gasteiger partial charge in [0, 0.05) is 44.3 Å². The largest absolute Gasteiger partial charge is 0.341 e. The van der Waals surface area contributed by atoms with Crippen LogP contribution in [0.1, 0.15) is 15.9 Å². The molecule has 1 aromatic carbocycles. The maximum absolute atomic E-state index is 12.5. The number of likely N-dealkylation sites (N-methyl/N-ethyl adjacent to an activating group) is 1. The first kappa shape index (κ1) is 17.3. The van der Waals surface area contributed by atoms with E-state index in [0.29, 0.717) is 17.8 Å². The maximum Gasteiger partial charge on any atom is 0.269 e. The van der Waals surface area contributed by atoms with E-state index in [0.717, 1.165) is 12.0 Å². The number of pyridine rings is 1. The molecule has 0 radical (unpaired) electrons. The summed E-state index contributed by atoms with van der Waals surface area (Å²) in [6.45, 7) is 0.575. The molecule has 0 N–H and O–H groups in total. The molecule has 0 spiro atoms. The Morgan fingerprint density at radius 2 is 1.88 bits per heavy atom. The number of nitrogens with zero attached hydrogens (tertiary/aromatic N) is 5. The van der Waals surface area contributed by atoms with Crippen LogP contribution in [0.3, 0.4) is 0 Å². The van der Waals surface area contributed by atoms with Gasteiger partial charge in [-0.1, -0.05) is 0 Å². The summed E-state index contributed by atoms with van der Waals surface area (Å²) in [6, 6.07) is 9.83. The Labute approximate surface area is 149 Å². The first-order valence-corrected chi connectivity index (χ1v) is 7.98. The monoisotopic (exact) mass is 351 g/mol. The average Bonchev–Trinajstić information content (AvgIpc) is 3.16. The molecule has 8 nitrogen and oxygen atoms in total. The fourth-order valence-corrected chi connectivity index (χ4v) is 2.47. The third kappa shape index (κ3) is 3.92. The number of hydrogen-bond acceptors (Lipinski definition) is 5. The van der Waals surface area contributed by atoms with Crippen LogP contribution in [0.15, 0.2) is 61.2 Å². The highest BCUT2D eigenvalue weighted by molar-refractivity contribution is 5.93. The Kier molecular flexibility index (Phi) is 5.02. The van der Waals surface area contributed by atoms with E-state index in [-0.39, 0.29) is 11.6 Å². The van der Waals surface area contributed by atoms with Gasteiger partial charge in [-0.25, -0.2) is 4.68 Å². The number of benzene rings is 1. The normalized spacial score (nSPS) is 10.5. The molecule has 26 heavy (non-hydrogen) atoms. The predicted molar refractivity (Wildman–Crippen MR) is 95.1 cm³/mol. The van der Waals surface area contributed by atoms with E-state index in [1.807, 2.05) is 12.1 Å². The molecular weight excluding hydrogens is 334 g/mol. The van der Waals surface area contributed by atoms with Crippen LogP contribution in [0.4, 0.5) is 5.69 Å². The number of hydrogen-bond donors (Lipinski definition) is 0. The summed E-state index contributed by atoms with van der Waals surface area (Å²) < 4.78 is 1.52. The topological polar surface area (TPSA) is 94.2 Å².